The number of carbonyl (C=O) groups excluding carboxylic acids is 1. The zero-order chi connectivity index (χ0) is 17.3. The Morgan fingerprint density at radius 1 is 1.38 bits per heavy atom. The second-order valence-corrected chi connectivity index (χ2v) is 6.52. The molecule has 24 heavy (non-hydrogen) atoms. The maximum Gasteiger partial charge on any atom is 0.255 e. The van der Waals surface area contributed by atoms with Crippen molar-refractivity contribution in [3.63, 3.8) is 0 Å². The van der Waals surface area contributed by atoms with Crippen LogP contribution in [0.3, 0.4) is 0 Å². The predicted molar refractivity (Wildman–Crippen MR) is 95.6 cm³/mol. The van der Waals surface area contributed by atoms with Crippen molar-refractivity contribution in [1.29, 1.82) is 0 Å². The van der Waals surface area contributed by atoms with E-state index in [1.165, 1.54) is 0 Å². The molecular formula is C15H15BrN6OS. The van der Waals surface area contributed by atoms with Gasteiger partial charge >= 0.3 is 0 Å². The molecule has 0 aliphatic heterocycles. The van der Waals surface area contributed by atoms with E-state index in [4.69, 9.17) is 12.2 Å². The van der Waals surface area contributed by atoms with Crippen molar-refractivity contribution in [2.24, 2.45) is 7.05 Å². The van der Waals surface area contributed by atoms with Gasteiger partial charge in [0.15, 0.2) is 10.6 Å². The van der Waals surface area contributed by atoms with E-state index in [9.17, 15) is 4.79 Å². The predicted octanol–water partition coefficient (Wildman–Crippen LogP) is 2.66. The Morgan fingerprint density at radius 2 is 2.08 bits per heavy atom. The molecule has 2 heterocycles. The van der Waals surface area contributed by atoms with E-state index >= 15 is 0 Å². The van der Waals surface area contributed by atoms with Crippen LogP contribution in [-0.4, -0.2) is 30.5 Å². The van der Waals surface area contributed by atoms with Gasteiger partial charge in [-0.15, -0.1) is 0 Å². The smallest absolute Gasteiger partial charge is 0.255 e. The van der Waals surface area contributed by atoms with Crippen LogP contribution in [0.5, 0.6) is 0 Å². The quantitative estimate of drug-likeness (QED) is 0.652. The fourth-order valence-electron chi connectivity index (χ4n) is 2.27. The number of hydrogen-bond donors (Lipinski definition) is 2. The number of halogens is 1. The molecule has 0 aliphatic carbocycles. The number of nitrogens with one attached hydrogen (secondary N) is 2. The van der Waals surface area contributed by atoms with Gasteiger partial charge in [0.1, 0.15) is 0 Å². The van der Waals surface area contributed by atoms with Crippen molar-refractivity contribution >= 4 is 34.1 Å². The number of benzene rings is 1. The van der Waals surface area contributed by atoms with Crippen LogP contribution in [0, 0.1) is 11.7 Å². The molecule has 9 heteroatoms. The minimum absolute atomic E-state index is 0.204. The zero-order valence-corrected chi connectivity index (χ0v) is 15.5. The maximum atomic E-state index is 12.4. The fourth-order valence-corrected chi connectivity index (χ4v) is 2.68. The van der Waals surface area contributed by atoms with Crippen LogP contribution in [-0.2, 0) is 13.6 Å². The van der Waals surface area contributed by atoms with E-state index in [-0.39, 0.29) is 12.5 Å². The molecule has 2 N–H and O–H groups in total. The monoisotopic (exact) mass is 406 g/mol. The van der Waals surface area contributed by atoms with E-state index in [1.54, 1.807) is 22.5 Å². The first kappa shape index (κ1) is 16.6. The molecule has 0 radical (unpaired) electrons. The molecule has 0 saturated heterocycles. The van der Waals surface area contributed by atoms with Gasteiger partial charge in [0.05, 0.1) is 29.7 Å². The Kier molecular flexibility index (Phi) is 4.63. The summed E-state index contributed by atoms with van der Waals surface area (Å²) in [6, 6.07) is 7.72. The molecular weight excluding hydrogens is 392 g/mol. The molecule has 0 spiro atoms. The van der Waals surface area contributed by atoms with Gasteiger partial charge < -0.3 is 9.88 Å². The van der Waals surface area contributed by atoms with Gasteiger partial charge in [0.25, 0.3) is 5.91 Å². The lowest BCUT2D eigenvalue weighted by Crippen LogP contribution is -2.25. The summed E-state index contributed by atoms with van der Waals surface area (Å²) in [7, 11) is 1.80. The number of amides is 1. The highest BCUT2D eigenvalue weighted by Crippen LogP contribution is 2.17. The SMILES string of the molecule is Cc1c(C(=O)NCc2n[nH]c(=S)n2C)cnn1-c1ccc(Br)cc1. The van der Waals surface area contributed by atoms with E-state index in [0.29, 0.717) is 16.2 Å². The minimum Gasteiger partial charge on any atom is -0.345 e. The first-order chi connectivity index (χ1) is 11.5. The summed E-state index contributed by atoms with van der Waals surface area (Å²) in [5.74, 6) is 0.455. The van der Waals surface area contributed by atoms with Gasteiger partial charge in [-0.05, 0) is 43.4 Å². The lowest BCUT2D eigenvalue weighted by atomic mass is 10.2. The van der Waals surface area contributed by atoms with Crippen molar-refractivity contribution in [3.05, 3.63) is 56.8 Å². The maximum absolute atomic E-state index is 12.4. The van der Waals surface area contributed by atoms with Crippen LogP contribution in [0.15, 0.2) is 34.9 Å². The van der Waals surface area contributed by atoms with Gasteiger partial charge in [-0.25, -0.2) is 4.68 Å². The summed E-state index contributed by atoms with van der Waals surface area (Å²) in [6.07, 6.45) is 1.57. The highest BCUT2D eigenvalue weighted by Gasteiger charge is 2.15. The van der Waals surface area contributed by atoms with E-state index < -0.39 is 0 Å². The highest BCUT2D eigenvalue weighted by molar-refractivity contribution is 9.10. The Bertz CT molecular complexity index is 940. The second kappa shape index (κ2) is 6.70. The van der Waals surface area contributed by atoms with E-state index in [1.807, 2.05) is 31.2 Å². The van der Waals surface area contributed by atoms with Gasteiger partial charge in [-0.2, -0.15) is 10.2 Å². The van der Waals surface area contributed by atoms with E-state index in [0.717, 1.165) is 15.9 Å². The Hall–Kier alpha value is -2.26. The molecule has 0 unspecified atom stereocenters. The molecule has 1 aromatic carbocycles. The molecule has 0 bridgehead atoms. The minimum atomic E-state index is -0.204. The van der Waals surface area contributed by atoms with Gasteiger partial charge in [0, 0.05) is 11.5 Å². The van der Waals surface area contributed by atoms with Gasteiger partial charge in [-0.3, -0.25) is 9.89 Å². The number of aromatic amines is 1. The number of H-pyrrole nitrogens is 1. The molecule has 1 amide bonds. The number of carbonyl (C=O) groups is 1. The van der Waals surface area contributed by atoms with Crippen LogP contribution in [0.25, 0.3) is 5.69 Å². The second-order valence-electron chi connectivity index (χ2n) is 5.22. The number of rotatable bonds is 4. The normalized spacial score (nSPS) is 10.8. The third kappa shape index (κ3) is 3.17. The zero-order valence-electron chi connectivity index (χ0n) is 13.1. The van der Waals surface area contributed by atoms with Crippen LogP contribution in [0.4, 0.5) is 0 Å². The van der Waals surface area contributed by atoms with Gasteiger partial charge in [0.2, 0.25) is 0 Å². The Labute approximate surface area is 151 Å². The van der Waals surface area contributed by atoms with Crippen molar-refractivity contribution in [2.75, 3.05) is 0 Å². The van der Waals surface area contributed by atoms with Crippen molar-refractivity contribution < 1.29 is 4.79 Å². The van der Waals surface area contributed by atoms with Gasteiger partial charge in [-0.1, -0.05) is 15.9 Å². The molecule has 0 atom stereocenters. The molecule has 2 aromatic heterocycles. The fraction of sp³-hybridized carbons (Fsp3) is 0.200. The molecule has 3 rings (SSSR count). The Morgan fingerprint density at radius 3 is 2.71 bits per heavy atom. The molecule has 3 aromatic rings. The van der Waals surface area contributed by atoms with Crippen molar-refractivity contribution in [1.82, 2.24) is 29.9 Å². The molecule has 124 valence electrons. The standard InChI is InChI=1S/C15H15BrN6OS/c1-9-12(7-18-22(9)11-5-3-10(16)4-6-11)14(23)17-8-13-19-20-15(24)21(13)2/h3-7H,8H2,1-2H3,(H,17,23)(H,20,24). The third-order valence-corrected chi connectivity index (χ3v) is 4.60. The Balaban J connectivity index is 1.77. The van der Waals surface area contributed by atoms with Crippen LogP contribution >= 0.6 is 28.1 Å². The first-order valence-electron chi connectivity index (χ1n) is 7.16. The summed E-state index contributed by atoms with van der Waals surface area (Å²) < 4.78 is 4.95. The molecule has 0 aliphatic rings. The largest absolute Gasteiger partial charge is 0.345 e. The average Bonchev–Trinajstić information content (AvgIpc) is 3.10. The number of hydrogen-bond acceptors (Lipinski definition) is 4. The summed E-state index contributed by atoms with van der Waals surface area (Å²) in [5.41, 5.74) is 2.18. The number of aromatic nitrogens is 5. The summed E-state index contributed by atoms with van der Waals surface area (Å²) in [5, 5.41) is 13.9. The topological polar surface area (TPSA) is 80.5 Å². The van der Waals surface area contributed by atoms with E-state index in [2.05, 4.69) is 36.5 Å². The first-order valence-corrected chi connectivity index (χ1v) is 8.36. The highest BCUT2D eigenvalue weighted by atomic mass is 79.9. The van der Waals surface area contributed by atoms with Crippen LogP contribution in [0.1, 0.15) is 21.9 Å². The summed E-state index contributed by atoms with van der Waals surface area (Å²) >= 11 is 8.45. The van der Waals surface area contributed by atoms with Crippen molar-refractivity contribution in [3.8, 4) is 5.69 Å². The lowest BCUT2D eigenvalue weighted by molar-refractivity contribution is 0.0949. The van der Waals surface area contributed by atoms with Crippen LogP contribution in [0.2, 0.25) is 0 Å². The molecule has 7 nitrogen and oxygen atoms in total. The number of nitrogens with zero attached hydrogens (tertiary/aromatic N) is 4. The third-order valence-electron chi connectivity index (χ3n) is 3.71. The molecule has 0 saturated carbocycles. The molecule has 0 fully saturated rings. The summed E-state index contributed by atoms with van der Waals surface area (Å²) in [4.78, 5) is 12.4. The van der Waals surface area contributed by atoms with Crippen molar-refractivity contribution in [2.45, 2.75) is 13.5 Å². The summed E-state index contributed by atoms with van der Waals surface area (Å²) in [6.45, 7) is 2.14. The lowest BCUT2D eigenvalue weighted by Gasteiger charge is -2.06. The van der Waals surface area contributed by atoms with Crippen LogP contribution < -0.4 is 5.32 Å². The average molecular weight is 407 g/mol.